The molecule has 0 aromatic rings. The Morgan fingerprint density at radius 2 is 2.00 bits per heavy atom. The van der Waals surface area contributed by atoms with Crippen LogP contribution in [0.1, 0.15) is 65.7 Å². The first-order valence-electron chi connectivity index (χ1n) is 8.12. The summed E-state index contributed by atoms with van der Waals surface area (Å²) in [5, 5.41) is 0. The minimum absolute atomic E-state index is 0.323. The van der Waals surface area contributed by atoms with E-state index in [1.54, 1.807) is 0 Å². The van der Waals surface area contributed by atoms with Crippen LogP contribution >= 0.6 is 0 Å². The molecule has 0 amide bonds. The van der Waals surface area contributed by atoms with Crippen LogP contribution in [0.15, 0.2) is 0 Å². The third-order valence-corrected chi connectivity index (χ3v) is 5.64. The third kappa shape index (κ3) is 2.34. The average Bonchev–Trinajstić information content (AvgIpc) is 2.87. The molecule has 3 atom stereocenters. The summed E-state index contributed by atoms with van der Waals surface area (Å²) in [5.74, 6) is 1.58. The molecule has 2 aliphatic rings. The van der Waals surface area contributed by atoms with Gasteiger partial charge in [-0.2, -0.15) is 0 Å². The van der Waals surface area contributed by atoms with E-state index in [9.17, 15) is 0 Å². The van der Waals surface area contributed by atoms with Crippen molar-refractivity contribution in [2.24, 2.45) is 17.6 Å². The minimum atomic E-state index is 0.323. The minimum Gasteiger partial charge on any atom is -0.329 e. The highest BCUT2D eigenvalue weighted by atomic mass is 15.3. The molecule has 1 aliphatic carbocycles. The van der Waals surface area contributed by atoms with Gasteiger partial charge in [-0.15, -0.1) is 0 Å². The largest absolute Gasteiger partial charge is 0.329 e. The molecule has 1 saturated carbocycles. The Hall–Kier alpha value is -0.0800. The van der Waals surface area contributed by atoms with Gasteiger partial charge in [0.15, 0.2) is 0 Å². The molecule has 2 rings (SSSR count). The fraction of sp³-hybridized carbons (Fsp3) is 1.00. The molecular weight excluding hydrogens is 220 g/mol. The lowest BCUT2D eigenvalue weighted by atomic mass is 9.66. The molecule has 0 aromatic heterocycles. The molecule has 18 heavy (non-hydrogen) atoms. The molecule has 2 nitrogen and oxygen atoms in total. The maximum Gasteiger partial charge on any atom is 0.0365 e. The van der Waals surface area contributed by atoms with E-state index in [-0.39, 0.29) is 0 Å². The van der Waals surface area contributed by atoms with Crippen molar-refractivity contribution >= 4 is 0 Å². The smallest absolute Gasteiger partial charge is 0.0365 e. The molecule has 2 N–H and O–H groups in total. The van der Waals surface area contributed by atoms with Crippen LogP contribution in [0.25, 0.3) is 0 Å². The Balaban J connectivity index is 2.26. The maximum atomic E-state index is 6.32. The Bertz CT molecular complexity index is 264. The summed E-state index contributed by atoms with van der Waals surface area (Å²) >= 11 is 0. The highest BCUT2D eigenvalue weighted by Crippen LogP contribution is 2.45. The monoisotopic (exact) mass is 252 g/mol. The summed E-state index contributed by atoms with van der Waals surface area (Å²) in [5.41, 5.74) is 6.64. The Morgan fingerprint density at radius 3 is 2.61 bits per heavy atom. The van der Waals surface area contributed by atoms with Crippen LogP contribution in [-0.4, -0.2) is 29.6 Å². The van der Waals surface area contributed by atoms with Crippen LogP contribution in [0.4, 0.5) is 0 Å². The Labute approximate surface area is 113 Å². The van der Waals surface area contributed by atoms with Crippen molar-refractivity contribution in [3.8, 4) is 0 Å². The lowest BCUT2D eigenvalue weighted by Gasteiger charge is -2.53. The standard InChI is InChI=1S/C16H32N2/c1-4-14-8-7-11-18(14)16(12-17)10-6-5-9-15(16)13(2)3/h13-15H,4-12,17H2,1-3H3. The van der Waals surface area contributed by atoms with Gasteiger partial charge in [-0.05, 0) is 50.5 Å². The van der Waals surface area contributed by atoms with Gasteiger partial charge in [-0.1, -0.05) is 33.6 Å². The average molecular weight is 252 g/mol. The molecule has 106 valence electrons. The van der Waals surface area contributed by atoms with Crippen molar-refractivity contribution in [3.05, 3.63) is 0 Å². The number of hydrogen-bond donors (Lipinski definition) is 1. The van der Waals surface area contributed by atoms with E-state index in [1.807, 2.05) is 0 Å². The topological polar surface area (TPSA) is 29.3 Å². The van der Waals surface area contributed by atoms with E-state index >= 15 is 0 Å². The fourth-order valence-corrected chi connectivity index (χ4v) is 4.78. The first kappa shape index (κ1) is 14.3. The first-order chi connectivity index (χ1) is 8.65. The van der Waals surface area contributed by atoms with E-state index in [0.717, 1.165) is 24.4 Å². The molecule has 2 fully saturated rings. The van der Waals surface area contributed by atoms with Crippen LogP contribution < -0.4 is 5.73 Å². The summed E-state index contributed by atoms with van der Waals surface area (Å²) < 4.78 is 0. The van der Waals surface area contributed by atoms with Gasteiger partial charge in [0.05, 0.1) is 0 Å². The van der Waals surface area contributed by atoms with E-state index < -0.39 is 0 Å². The van der Waals surface area contributed by atoms with E-state index in [0.29, 0.717) is 5.54 Å². The van der Waals surface area contributed by atoms with E-state index in [1.165, 1.54) is 51.5 Å². The van der Waals surface area contributed by atoms with Crippen molar-refractivity contribution < 1.29 is 0 Å². The lowest BCUT2D eigenvalue weighted by Crippen LogP contribution is -2.62. The van der Waals surface area contributed by atoms with Gasteiger partial charge in [0, 0.05) is 18.1 Å². The second-order valence-electron chi connectivity index (χ2n) is 6.80. The van der Waals surface area contributed by atoms with Gasteiger partial charge in [0.1, 0.15) is 0 Å². The molecule has 0 bridgehead atoms. The zero-order valence-electron chi connectivity index (χ0n) is 12.6. The second-order valence-corrected chi connectivity index (χ2v) is 6.80. The summed E-state index contributed by atoms with van der Waals surface area (Å²) in [4.78, 5) is 2.83. The number of nitrogens with zero attached hydrogens (tertiary/aromatic N) is 1. The van der Waals surface area contributed by atoms with Crippen molar-refractivity contribution in [3.63, 3.8) is 0 Å². The normalized spacial score (nSPS) is 38.5. The quantitative estimate of drug-likeness (QED) is 0.831. The SMILES string of the molecule is CCC1CCCN1C1(CN)CCCCC1C(C)C. The molecule has 0 spiro atoms. The third-order valence-electron chi connectivity index (χ3n) is 5.64. The number of nitrogens with two attached hydrogens (primary N) is 1. The maximum absolute atomic E-state index is 6.32. The molecule has 3 unspecified atom stereocenters. The van der Waals surface area contributed by atoms with Crippen LogP contribution in [-0.2, 0) is 0 Å². The molecule has 2 heteroatoms. The summed E-state index contributed by atoms with van der Waals surface area (Å²) in [6.07, 6.45) is 9.59. The molecule has 1 aliphatic heterocycles. The van der Waals surface area contributed by atoms with Crippen LogP contribution in [0, 0.1) is 11.8 Å². The van der Waals surface area contributed by atoms with Crippen LogP contribution in [0.3, 0.4) is 0 Å². The van der Waals surface area contributed by atoms with Gasteiger partial charge in [0.25, 0.3) is 0 Å². The van der Waals surface area contributed by atoms with Gasteiger partial charge in [-0.3, -0.25) is 4.90 Å². The molecule has 0 aromatic carbocycles. The van der Waals surface area contributed by atoms with E-state index in [2.05, 4.69) is 25.7 Å². The van der Waals surface area contributed by atoms with Gasteiger partial charge >= 0.3 is 0 Å². The predicted molar refractivity (Wildman–Crippen MR) is 78.6 cm³/mol. The van der Waals surface area contributed by atoms with Crippen LogP contribution in [0.2, 0.25) is 0 Å². The first-order valence-corrected chi connectivity index (χ1v) is 8.12. The zero-order valence-corrected chi connectivity index (χ0v) is 12.6. The predicted octanol–water partition coefficient (Wildman–Crippen LogP) is 3.40. The van der Waals surface area contributed by atoms with Crippen molar-refractivity contribution in [2.45, 2.75) is 77.3 Å². The zero-order chi connectivity index (χ0) is 13.2. The molecule has 1 heterocycles. The highest BCUT2D eigenvalue weighted by molar-refractivity contribution is 5.04. The summed E-state index contributed by atoms with van der Waals surface area (Å²) in [6.45, 7) is 9.31. The summed E-state index contributed by atoms with van der Waals surface area (Å²) in [6, 6.07) is 0.799. The second kappa shape index (κ2) is 5.92. The van der Waals surface area contributed by atoms with Gasteiger partial charge in [-0.25, -0.2) is 0 Å². The van der Waals surface area contributed by atoms with Crippen LogP contribution in [0.5, 0.6) is 0 Å². The number of likely N-dealkylation sites (tertiary alicyclic amines) is 1. The fourth-order valence-electron chi connectivity index (χ4n) is 4.78. The highest BCUT2D eigenvalue weighted by Gasteiger charge is 2.48. The molecule has 0 radical (unpaired) electrons. The van der Waals surface area contributed by atoms with Gasteiger partial charge < -0.3 is 5.73 Å². The Morgan fingerprint density at radius 1 is 1.22 bits per heavy atom. The Kier molecular flexibility index (Phi) is 4.71. The van der Waals surface area contributed by atoms with Crippen molar-refractivity contribution in [1.82, 2.24) is 4.90 Å². The lowest BCUT2D eigenvalue weighted by molar-refractivity contribution is -0.0228. The number of rotatable bonds is 4. The summed E-state index contributed by atoms with van der Waals surface area (Å²) in [7, 11) is 0. The van der Waals surface area contributed by atoms with Crippen molar-refractivity contribution in [2.75, 3.05) is 13.1 Å². The van der Waals surface area contributed by atoms with Crippen molar-refractivity contribution in [1.29, 1.82) is 0 Å². The van der Waals surface area contributed by atoms with Gasteiger partial charge in [0.2, 0.25) is 0 Å². The van der Waals surface area contributed by atoms with E-state index in [4.69, 9.17) is 5.73 Å². The molecule has 1 saturated heterocycles. The molecular formula is C16H32N2. The number of hydrogen-bond acceptors (Lipinski definition) is 2.